The second-order valence-corrected chi connectivity index (χ2v) is 6.96. The SMILES string of the molecule is Cc1ccc(NC(=S)N(Cc2ccccc2)Cc2ccccc2)c(C)c1. The number of hydrogen-bond acceptors (Lipinski definition) is 1. The molecule has 0 amide bonds. The average Bonchev–Trinajstić information content (AvgIpc) is 2.65. The van der Waals surface area contributed by atoms with Gasteiger partial charge >= 0.3 is 0 Å². The molecule has 0 fully saturated rings. The quantitative estimate of drug-likeness (QED) is 0.587. The van der Waals surface area contributed by atoms with Gasteiger partial charge in [-0.05, 0) is 48.8 Å². The maximum atomic E-state index is 5.76. The van der Waals surface area contributed by atoms with E-state index in [1.54, 1.807) is 0 Å². The number of hydrogen-bond donors (Lipinski definition) is 1. The molecular weight excluding hydrogens is 336 g/mol. The molecule has 3 rings (SSSR count). The van der Waals surface area contributed by atoms with Gasteiger partial charge < -0.3 is 10.2 Å². The van der Waals surface area contributed by atoms with Gasteiger partial charge in [0.2, 0.25) is 0 Å². The number of thiocarbonyl (C=S) groups is 1. The first-order valence-electron chi connectivity index (χ1n) is 8.83. The highest BCUT2D eigenvalue weighted by Gasteiger charge is 2.12. The highest BCUT2D eigenvalue weighted by atomic mass is 32.1. The van der Waals surface area contributed by atoms with Crippen LogP contribution in [0.15, 0.2) is 78.9 Å². The predicted molar refractivity (Wildman–Crippen MR) is 114 cm³/mol. The largest absolute Gasteiger partial charge is 0.340 e. The molecule has 0 aliphatic heterocycles. The summed E-state index contributed by atoms with van der Waals surface area (Å²) >= 11 is 5.76. The van der Waals surface area contributed by atoms with Crippen molar-refractivity contribution in [2.45, 2.75) is 26.9 Å². The third-order valence-electron chi connectivity index (χ3n) is 4.34. The van der Waals surface area contributed by atoms with Crippen LogP contribution in [-0.4, -0.2) is 10.0 Å². The van der Waals surface area contributed by atoms with Crippen LogP contribution >= 0.6 is 12.2 Å². The van der Waals surface area contributed by atoms with E-state index >= 15 is 0 Å². The summed E-state index contributed by atoms with van der Waals surface area (Å²) in [6, 6.07) is 27.3. The van der Waals surface area contributed by atoms with Crippen LogP contribution in [0.2, 0.25) is 0 Å². The Morgan fingerprint density at radius 3 is 1.85 bits per heavy atom. The monoisotopic (exact) mass is 360 g/mol. The van der Waals surface area contributed by atoms with Gasteiger partial charge in [0, 0.05) is 18.8 Å². The van der Waals surface area contributed by atoms with Gasteiger partial charge in [-0.2, -0.15) is 0 Å². The number of benzene rings is 3. The number of nitrogens with one attached hydrogen (secondary N) is 1. The van der Waals surface area contributed by atoms with Crippen LogP contribution in [0.25, 0.3) is 0 Å². The molecule has 1 N–H and O–H groups in total. The van der Waals surface area contributed by atoms with Gasteiger partial charge in [0.15, 0.2) is 5.11 Å². The van der Waals surface area contributed by atoms with E-state index < -0.39 is 0 Å². The van der Waals surface area contributed by atoms with Crippen molar-refractivity contribution in [3.8, 4) is 0 Å². The summed E-state index contributed by atoms with van der Waals surface area (Å²) in [5.41, 5.74) is 6.00. The lowest BCUT2D eigenvalue weighted by molar-refractivity contribution is 0.413. The van der Waals surface area contributed by atoms with E-state index in [-0.39, 0.29) is 0 Å². The Morgan fingerprint density at radius 1 is 0.808 bits per heavy atom. The topological polar surface area (TPSA) is 15.3 Å². The van der Waals surface area contributed by atoms with Crippen molar-refractivity contribution in [1.82, 2.24) is 4.90 Å². The number of anilines is 1. The molecule has 3 heteroatoms. The minimum absolute atomic E-state index is 0.740. The number of rotatable bonds is 5. The number of nitrogens with zero attached hydrogens (tertiary/aromatic N) is 1. The van der Waals surface area contributed by atoms with Crippen LogP contribution in [0.3, 0.4) is 0 Å². The molecule has 0 saturated carbocycles. The molecule has 0 aliphatic rings. The zero-order valence-corrected chi connectivity index (χ0v) is 16.1. The molecular formula is C23H24N2S. The van der Waals surface area contributed by atoms with Crippen molar-refractivity contribution in [2.24, 2.45) is 0 Å². The smallest absolute Gasteiger partial charge is 0.174 e. The minimum Gasteiger partial charge on any atom is -0.340 e. The summed E-state index contributed by atoms with van der Waals surface area (Å²) in [6.07, 6.45) is 0. The Hall–Kier alpha value is -2.65. The fraction of sp³-hybridized carbons (Fsp3) is 0.174. The zero-order chi connectivity index (χ0) is 18.4. The Morgan fingerprint density at radius 2 is 1.35 bits per heavy atom. The Labute approximate surface area is 161 Å². The standard InChI is InChI=1S/C23H24N2S/c1-18-13-14-22(19(2)15-18)24-23(26)25(16-20-9-5-3-6-10-20)17-21-11-7-4-8-12-21/h3-15H,16-17H2,1-2H3,(H,24,26). The molecule has 3 aromatic rings. The van der Waals surface area contributed by atoms with Gasteiger partial charge in [0.25, 0.3) is 0 Å². The van der Waals surface area contributed by atoms with Crippen molar-refractivity contribution in [3.63, 3.8) is 0 Å². The fourth-order valence-electron chi connectivity index (χ4n) is 2.96. The first-order valence-corrected chi connectivity index (χ1v) is 9.23. The highest BCUT2D eigenvalue weighted by Crippen LogP contribution is 2.18. The maximum Gasteiger partial charge on any atom is 0.174 e. The van der Waals surface area contributed by atoms with E-state index in [1.807, 2.05) is 12.1 Å². The molecule has 0 atom stereocenters. The van der Waals surface area contributed by atoms with Crippen LogP contribution in [0.5, 0.6) is 0 Å². The molecule has 0 aliphatic carbocycles. The molecule has 3 aromatic carbocycles. The second-order valence-electron chi connectivity index (χ2n) is 6.58. The van der Waals surface area contributed by atoms with Crippen LogP contribution in [0, 0.1) is 13.8 Å². The Bertz CT molecular complexity index is 818. The van der Waals surface area contributed by atoms with Gasteiger partial charge in [-0.1, -0.05) is 78.4 Å². The van der Waals surface area contributed by atoms with E-state index in [9.17, 15) is 0 Å². The lowest BCUT2D eigenvalue weighted by Crippen LogP contribution is -2.34. The first kappa shape index (κ1) is 18.2. The third-order valence-corrected chi connectivity index (χ3v) is 4.70. The lowest BCUT2D eigenvalue weighted by Gasteiger charge is -2.27. The van der Waals surface area contributed by atoms with Crippen molar-refractivity contribution in [3.05, 3.63) is 101 Å². The molecule has 0 radical (unpaired) electrons. The molecule has 132 valence electrons. The molecule has 0 bridgehead atoms. The maximum absolute atomic E-state index is 5.76. The third kappa shape index (κ3) is 4.93. The van der Waals surface area contributed by atoms with E-state index in [0.29, 0.717) is 0 Å². The van der Waals surface area contributed by atoms with Crippen molar-refractivity contribution in [2.75, 3.05) is 5.32 Å². The number of aryl methyl sites for hydroxylation is 2. The van der Waals surface area contributed by atoms with Gasteiger partial charge in [-0.15, -0.1) is 0 Å². The summed E-state index contributed by atoms with van der Waals surface area (Å²) < 4.78 is 0. The molecule has 0 saturated heterocycles. The Kier molecular flexibility index (Phi) is 6.03. The van der Waals surface area contributed by atoms with Crippen LogP contribution in [0.1, 0.15) is 22.3 Å². The lowest BCUT2D eigenvalue weighted by atomic mass is 10.1. The van der Waals surface area contributed by atoms with Gasteiger partial charge in [0.1, 0.15) is 0 Å². The predicted octanol–water partition coefficient (Wildman–Crippen LogP) is 5.70. The van der Waals surface area contributed by atoms with Crippen molar-refractivity contribution >= 4 is 23.0 Å². The Balaban J connectivity index is 1.80. The summed E-state index contributed by atoms with van der Waals surface area (Å²) in [4.78, 5) is 2.21. The van der Waals surface area contributed by atoms with Gasteiger partial charge in [0.05, 0.1) is 0 Å². The summed E-state index contributed by atoms with van der Waals surface area (Å²) in [7, 11) is 0. The summed E-state index contributed by atoms with van der Waals surface area (Å²) in [5.74, 6) is 0. The summed E-state index contributed by atoms with van der Waals surface area (Å²) in [6.45, 7) is 5.75. The van der Waals surface area contributed by atoms with Crippen LogP contribution in [0.4, 0.5) is 5.69 Å². The van der Waals surface area contributed by atoms with E-state index in [4.69, 9.17) is 12.2 Å². The zero-order valence-electron chi connectivity index (χ0n) is 15.3. The van der Waals surface area contributed by atoms with E-state index in [0.717, 1.165) is 23.9 Å². The average molecular weight is 361 g/mol. The van der Waals surface area contributed by atoms with Crippen molar-refractivity contribution < 1.29 is 0 Å². The summed E-state index contributed by atoms with van der Waals surface area (Å²) in [5, 5.41) is 4.18. The van der Waals surface area contributed by atoms with Gasteiger partial charge in [-0.25, -0.2) is 0 Å². The molecule has 0 unspecified atom stereocenters. The second kappa shape index (κ2) is 8.63. The molecule has 2 nitrogen and oxygen atoms in total. The highest BCUT2D eigenvalue weighted by molar-refractivity contribution is 7.80. The van der Waals surface area contributed by atoms with Crippen molar-refractivity contribution in [1.29, 1.82) is 0 Å². The fourth-order valence-corrected chi connectivity index (χ4v) is 3.19. The van der Waals surface area contributed by atoms with E-state index in [1.165, 1.54) is 22.3 Å². The van der Waals surface area contributed by atoms with Gasteiger partial charge in [-0.3, -0.25) is 0 Å². The molecule has 26 heavy (non-hydrogen) atoms. The first-order chi connectivity index (χ1) is 12.6. The molecule has 0 heterocycles. The van der Waals surface area contributed by atoms with Crippen LogP contribution < -0.4 is 5.32 Å². The molecule has 0 aromatic heterocycles. The normalized spacial score (nSPS) is 10.4. The minimum atomic E-state index is 0.740. The van der Waals surface area contributed by atoms with E-state index in [2.05, 4.69) is 90.8 Å². The molecule has 0 spiro atoms. The van der Waals surface area contributed by atoms with Crippen LogP contribution in [-0.2, 0) is 13.1 Å².